The van der Waals surface area contributed by atoms with Gasteiger partial charge in [0.2, 0.25) is 11.8 Å². The first kappa shape index (κ1) is 15.5. The van der Waals surface area contributed by atoms with E-state index in [1.807, 2.05) is 13.8 Å². The Hall–Kier alpha value is -1.85. The summed E-state index contributed by atoms with van der Waals surface area (Å²) in [6, 6.07) is 1.77. The number of piperidine rings is 1. The minimum atomic E-state index is -0.709. The highest BCUT2D eigenvalue weighted by Gasteiger charge is 2.21. The van der Waals surface area contributed by atoms with Crippen molar-refractivity contribution in [1.29, 1.82) is 0 Å². The number of carbonyl (C=O) groups is 1. The van der Waals surface area contributed by atoms with Gasteiger partial charge in [-0.1, -0.05) is 0 Å². The summed E-state index contributed by atoms with van der Waals surface area (Å²) in [4.78, 5) is 21.5. The quantitative estimate of drug-likeness (QED) is 0.867. The number of ether oxygens (including phenoxy) is 1. The number of carboxylic acids is 1. The Morgan fingerprint density at radius 2 is 2.19 bits per heavy atom. The summed E-state index contributed by atoms with van der Waals surface area (Å²) in [6.45, 7) is 5.68. The summed E-state index contributed by atoms with van der Waals surface area (Å²) < 4.78 is 5.59. The number of aromatic nitrogens is 2. The molecular weight excluding hydrogens is 270 g/mol. The Kier molecular flexibility index (Phi) is 5.36. The van der Waals surface area contributed by atoms with E-state index in [0.717, 1.165) is 32.4 Å². The third kappa shape index (κ3) is 4.88. The van der Waals surface area contributed by atoms with Crippen LogP contribution in [0.4, 0.5) is 5.95 Å². The number of carboxylic acid groups (broad SMARTS) is 1. The van der Waals surface area contributed by atoms with Crippen molar-refractivity contribution in [1.82, 2.24) is 9.97 Å². The number of anilines is 1. The molecule has 0 unspecified atom stereocenters. The largest absolute Gasteiger partial charge is 0.481 e. The molecule has 2 rings (SSSR count). The molecule has 0 aromatic carbocycles. The van der Waals surface area contributed by atoms with E-state index in [9.17, 15) is 4.79 Å². The van der Waals surface area contributed by atoms with Crippen LogP contribution < -0.4 is 9.64 Å². The molecule has 116 valence electrons. The average Bonchev–Trinajstić information content (AvgIpc) is 2.45. The van der Waals surface area contributed by atoms with Crippen LogP contribution in [0.1, 0.15) is 39.5 Å². The highest BCUT2D eigenvalue weighted by molar-refractivity contribution is 5.66. The first-order valence-electron chi connectivity index (χ1n) is 7.51. The number of nitrogens with zero attached hydrogens (tertiary/aromatic N) is 3. The van der Waals surface area contributed by atoms with Gasteiger partial charge in [-0.25, -0.2) is 4.98 Å². The predicted molar refractivity (Wildman–Crippen MR) is 79.6 cm³/mol. The highest BCUT2D eigenvalue weighted by atomic mass is 16.5. The minimum absolute atomic E-state index is 0.0921. The molecule has 0 amide bonds. The molecule has 21 heavy (non-hydrogen) atoms. The molecule has 0 saturated carbocycles. The predicted octanol–water partition coefficient (Wildman–Crippen LogP) is 2.35. The zero-order valence-corrected chi connectivity index (χ0v) is 12.7. The van der Waals surface area contributed by atoms with Crippen molar-refractivity contribution in [3.05, 3.63) is 12.3 Å². The third-order valence-corrected chi connectivity index (χ3v) is 3.64. The van der Waals surface area contributed by atoms with Crippen molar-refractivity contribution in [3.8, 4) is 5.88 Å². The van der Waals surface area contributed by atoms with Gasteiger partial charge in [-0.15, -0.1) is 0 Å². The van der Waals surface area contributed by atoms with Crippen LogP contribution in [0.3, 0.4) is 0 Å². The molecule has 1 aliphatic heterocycles. The lowest BCUT2D eigenvalue weighted by atomic mass is 9.92. The number of hydrogen-bond donors (Lipinski definition) is 1. The van der Waals surface area contributed by atoms with E-state index in [4.69, 9.17) is 9.84 Å². The van der Waals surface area contributed by atoms with Gasteiger partial charge >= 0.3 is 5.97 Å². The lowest BCUT2D eigenvalue weighted by molar-refractivity contribution is -0.137. The van der Waals surface area contributed by atoms with Gasteiger partial charge in [0.15, 0.2) is 0 Å². The fraction of sp³-hybridized carbons (Fsp3) is 0.667. The molecule has 1 aliphatic rings. The van der Waals surface area contributed by atoms with E-state index < -0.39 is 5.97 Å². The lowest BCUT2D eigenvalue weighted by Gasteiger charge is -2.31. The smallest absolute Gasteiger partial charge is 0.303 e. The molecule has 1 fully saturated rings. The Bertz CT molecular complexity index is 471. The summed E-state index contributed by atoms with van der Waals surface area (Å²) in [5.74, 6) is 1.08. The van der Waals surface area contributed by atoms with Crippen LogP contribution in [0, 0.1) is 5.92 Å². The maximum Gasteiger partial charge on any atom is 0.303 e. The van der Waals surface area contributed by atoms with Crippen LogP contribution in [-0.4, -0.2) is 40.2 Å². The van der Waals surface area contributed by atoms with Crippen LogP contribution >= 0.6 is 0 Å². The summed E-state index contributed by atoms with van der Waals surface area (Å²) in [5.41, 5.74) is 0. The average molecular weight is 293 g/mol. The fourth-order valence-corrected chi connectivity index (χ4v) is 2.54. The standard InChI is InChI=1S/C15H23N3O3/c1-11(2)21-13-5-8-16-15(17-13)18-9-6-12(7-10-18)3-4-14(19)20/h5,8,11-12H,3-4,6-7,9-10H2,1-2H3,(H,19,20). The molecule has 0 radical (unpaired) electrons. The second-order valence-electron chi connectivity index (χ2n) is 5.72. The van der Waals surface area contributed by atoms with E-state index in [0.29, 0.717) is 17.7 Å². The minimum Gasteiger partial charge on any atom is -0.481 e. The molecular formula is C15H23N3O3. The van der Waals surface area contributed by atoms with Crippen molar-refractivity contribution < 1.29 is 14.6 Å². The molecule has 6 heteroatoms. The Morgan fingerprint density at radius 3 is 2.81 bits per heavy atom. The summed E-state index contributed by atoms with van der Waals surface area (Å²) in [7, 11) is 0. The molecule has 0 aliphatic carbocycles. The van der Waals surface area contributed by atoms with Crippen molar-refractivity contribution in [3.63, 3.8) is 0 Å². The zero-order valence-electron chi connectivity index (χ0n) is 12.7. The molecule has 0 atom stereocenters. The fourth-order valence-electron chi connectivity index (χ4n) is 2.54. The van der Waals surface area contributed by atoms with Crippen molar-refractivity contribution in [2.75, 3.05) is 18.0 Å². The summed E-state index contributed by atoms with van der Waals surface area (Å²) >= 11 is 0. The van der Waals surface area contributed by atoms with E-state index >= 15 is 0 Å². The van der Waals surface area contributed by atoms with Gasteiger partial charge in [-0.3, -0.25) is 4.79 Å². The monoisotopic (exact) mass is 293 g/mol. The molecule has 6 nitrogen and oxygen atoms in total. The van der Waals surface area contributed by atoms with Gasteiger partial charge < -0.3 is 14.7 Å². The first-order chi connectivity index (χ1) is 10.0. The molecule has 1 N–H and O–H groups in total. The topological polar surface area (TPSA) is 75.5 Å². The number of rotatable bonds is 6. The SMILES string of the molecule is CC(C)Oc1ccnc(N2CCC(CCC(=O)O)CC2)n1. The van der Waals surface area contributed by atoms with E-state index in [1.165, 1.54) is 0 Å². The van der Waals surface area contributed by atoms with E-state index in [1.54, 1.807) is 12.3 Å². The van der Waals surface area contributed by atoms with E-state index in [-0.39, 0.29) is 12.5 Å². The molecule has 0 spiro atoms. The Balaban J connectivity index is 1.88. The van der Waals surface area contributed by atoms with Gasteiger partial charge in [0.25, 0.3) is 0 Å². The van der Waals surface area contributed by atoms with Gasteiger partial charge in [0.1, 0.15) is 0 Å². The maximum absolute atomic E-state index is 10.6. The van der Waals surface area contributed by atoms with Crippen molar-refractivity contribution in [2.24, 2.45) is 5.92 Å². The van der Waals surface area contributed by atoms with Gasteiger partial charge in [0, 0.05) is 31.8 Å². The molecule has 1 aromatic heterocycles. The lowest BCUT2D eigenvalue weighted by Crippen LogP contribution is -2.35. The normalized spacial score (nSPS) is 16.2. The van der Waals surface area contributed by atoms with Gasteiger partial charge in [-0.05, 0) is 39.0 Å². The first-order valence-corrected chi connectivity index (χ1v) is 7.51. The zero-order chi connectivity index (χ0) is 15.2. The number of aliphatic carboxylic acids is 1. The molecule has 1 saturated heterocycles. The second-order valence-corrected chi connectivity index (χ2v) is 5.72. The van der Waals surface area contributed by atoms with Crippen LogP contribution in [-0.2, 0) is 4.79 Å². The van der Waals surface area contributed by atoms with Crippen LogP contribution in [0.5, 0.6) is 5.88 Å². The number of hydrogen-bond acceptors (Lipinski definition) is 5. The maximum atomic E-state index is 10.6. The van der Waals surface area contributed by atoms with Crippen molar-refractivity contribution >= 4 is 11.9 Å². The summed E-state index contributed by atoms with van der Waals surface area (Å²) in [5, 5.41) is 8.73. The van der Waals surface area contributed by atoms with Gasteiger partial charge in [0.05, 0.1) is 6.10 Å². The summed E-state index contributed by atoms with van der Waals surface area (Å²) in [6.07, 6.45) is 4.82. The molecule has 2 heterocycles. The van der Waals surface area contributed by atoms with Crippen LogP contribution in [0.2, 0.25) is 0 Å². The van der Waals surface area contributed by atoms with Crippen LogP contribution in [0.25, 0.3) is 0 Å². The molecule has 0 bridgehead atoms. The Morgan fingerprint density at radius 1 is 1.48 bits per heavy atom. The molecule has 1 aromatic rings. The second kappa shape index (κ2) is 7.24. The highest BCUT2D eigenvalue weighted by Crippen LogP contribution is 2.25. The third-order valence-electron chi connectivity index (χ3n) is 3.64. The van der Waals surface area contributed by atoms with Gasteiger partial charge in [-0.2, -0.15) is 4.98 Å². The van der Waals surface area contributed by atoms with E-state index in [2.05, 4.69) is 14.9 Å². The van der Waals surface area contributed by atoms with Crippen LogP contribution in [0.15, 0.2) is 12.3 Å². The van der Waals surface area contributed by atoms with Crippen molar-refractivity contribution in [2.45, 2.75) is 45.6 Å². The Labute approximate surface area is 125 Å².